The van der Waals surface area contributed by atoms with E-state index < -0.39 is 10.0 Å². The van der Waals surface area contributed by atoms with Crippen LogP contribution in [-0.4, -0.2) is 48.9 Å². The standard InChI is InChI=1S/C20H24N4O4S/c1-29(27,28)24-11-8-16(9-12-24)19(25)23-18-7-3-2-6-17(18)20(26)22-14-15-5-4-10-21-13-15/h2-7,10,13,16H,8-9,11-12,14H2,1H3,(H,22,26)(H,23,25). The van der Waals surface area contributed by atoms with Gasteiger partial charge in [-0.1, -0.05) is 18.2 Å². The Balaban J connectivity index is 1.61. The van der Waals surface area contributed by atoms with E-state index >= 15 is 0 Å². The highest BCUT2D eigenvalue weighted by Gasteiger charge is 2.29. The number of nitrogens with one attached hydrogen (secondary N) is 2. The molecule has 3 rings (SSSR count). The van der Waals surface area contributed by atoms with Crippen LogP contribution >= 0.6 is 0 Å². The maximum absolute atomic E-state index is 12.7. The van der Waals surface area contributed by atoms with Crippen LogP contribution in [0, 0.1) is 5.92 Å². The highest BCUT2D eigenvalue weighted by molar-refractivity contribution is 7.88. The van der Waals surface area contributed by atoms with Crippen molar-refractivity contribution in [1.29, 1.82) is 0 Å². The van der Waals surface area contributed by atoms with Gasteiger partial charge in [-0.25, -0.2) is 12.7 Å². The molecule has 1 aromatic heterocycles. The van der Waals surface area contributed by atoms with Crippen LogP contribution in [0.25, 0.3) is 0 Å². The highest BCUT2D eigenvalue weighted by Crippen LogP contribution is 2.22. The topological polar surface area (TPSA) is 108 Å². The quantitative estimate of drug-likeness (QED) is 0.744. The average Bonchev–Trinajstić information content (AvgIpc) is 2.72. The Labute approximate surface area is 170 Å². The van der Waals surface area contributed by atoms with Crippen LogP contribution < -0.4 is 10.6 Å². The molecule has 8 nitrogen and oxygen atoms in total. The number of carbonyl (C=O) groups is 2. The fraction of sp³-hybridized carbons (Fsp3) is 0.350. The molecule has 1 saturated heterocycles. The van der Waals surface area contributed by atoms with E-state index in [4.69, 9.17) is 0 Å². The van der Waals surface area contributed by atoms with Gasteiger partial charge in [0.2, 0.25) is 15.9 Å². The summed E-state index contributed by atoms with van der Waals surface area (Å²) >= 11 is 0. The second-order valence-corrected chi connectivity index (χ2v) is 9.00. The predicted octanol–water partition coefficient (Wildman–Crippen LogP) is 1.62. The molecule has 0 spiro atoms. The van der Waals surface area contributed by atoms with Gasteiger partial charge in [0.05, 0.1) is 17.5 Å². The van der Waals surface area contributed by atoms with E-state index in [9.17, 15) is 18.0 Å². The molecule has 9 heteroatoms. The van der Waals surface area contributed by atoms with E-state index in [1.54, 1.807) is 42.7 Å². The number of benzene rings is 1. The Morgan fingerprint density at radius 3 is 2.52 bits per heavy atom. The Kier molecular flexibility index (Phi) is 6.60. The Bertz CT molecular complexity index is 971. The van der Waals surface area contributed by atoms with E-state index in [1.165, 1.54) is 10.6 Å². The lowest BCUT2D eigenvalue weighted by Gasteiger charge is -2.29. The van der Waals surface area contributed by atoms with Crippen molar-refractivity contribution in [2.75, 3.05) is 24.7 Å². The first-order chi connectivity index (χ1) is 13.8. The number of pyridine rings is 1. The summed E-state index contributed by atoms with van der Waals surface area (Å²) in [7, 11) is -3.24. The first-order valence-electron chi connectivity index (χ1n) is 9.36. The lowest BCUT2D eigenvalue weighted by atomic mass is 9.97. The zero-order valence-electron chi connectivity index (χ0n) is 16.2. The first kappa shape index (κ1) is 20.9. The van der Waals surface area contributed by atoms with E-state index in [-0.39, 0.29) is 17.7 Å². The molecular formula is C20H24N4O4S. The van der Waals surface area contributed by atoms with Crippen molar-refractivity contribution >= 4 is 27.5 Å². The zero-order valence-corrected chi connectivity index (χ0v) is 17.0. The van der Waals surface area contributed by atoms with Crippen LogP contribution in [0.1, 0.15) is 28.8 Å². The Hall–Kier alpha value is -2.78. The molecule has 154 valence electrons. The lowest BCUT2D eigenvalue weighted by molar-refractivity contribution is -0.120. The van der Waals surface area contributed by atoms with Gasteiger partial charge in [-0.2, -0.15) is 0 Å². The number of sulfonamides is 1. The van der Waals surface area contributed by atoms with Gasteiger partial charge in [-0.05, 0) is 36.6 Å². The van der Waals surface area contributed by atoms with Crippen molar-refractivity contribution in [3.05, 3.63) is 59.9 Å². The van der Waals surface area contributed by atoms with Gasteiger partial charge in [0, 0.05) is 37.9 Å². The minimum atomic E-state index is -3.24. The summed E-state index contributed by atoms with van der Waals surface area (Å²) in [5, 5.41) is 5.66. The van der Waals surface area contributed by atoms with Gasteiger partial charge < -0.3 is 10.6 Å². The summed E-state index contributed by atoms with van der Waals surface area (Å²) < 4.78 is 24.6. The van der Waals surface area contributed by atoms with Gasteiger partial charge in [0.15, 0.2) is 0 Å². The largest absolute Gasteiger partial charge is 0.348 e. The molecule has 0 saturated carbocycles. The molecule has 1 aliphatic heterocycles. The smallest absolute Gasteiger partial charge is 0.253 e. The predicted molar refractivity (Wildman–Crippen MR) is 110 cm³/mol. The molecular weight excluding hydrogens is 392 g/mol. The van der Waals surface area contributed by atoms with Gasteiger partial charge in [-0.15, -0.1) is 0 Å². The number of anilines is 1. The van der Waals surface area contributed by atoms with Crippen molar-refractivity contribution in [2.45, 2.75) is 19.4 Å². The zero-order chi connectivity index (χ0) is 20.9. The maximum Gasteiger partial charge on any atom is 0.253 e. The molecule has 2 heterocycles. The van der Waals surface area contributed by atoms with Crippen LogP contribution in [0.2, 0.25) is 0 Å². The number of rotatable bonds is 6. The molecule has 2 N–H and O–H groups in total. The average molecular weight is 417 g/mol. The number of hydrogen-bond donors (Lipinski definition) is 2. The third-order valence-electron chi connectivity index (χ3n) is 4.90. The van der Waals surface area contributed by atoms with Crippen molar-refractivity contribution in [3.8, 4) is 0 Å². The first-order valence-corrected chi connectivity index (χ1v) is 11.2. The molecule has 0 aliphatic carbocycles. The molecule has 2 aromatic rings. The molecule has 0 radical (unpaired) electrons. The Morgan fingerprint density at radius 1 is 1.14 bits per heavy atom. The molecule has 1 aromatic carbocycles. The number of aromatic nitrogens is 1. The number of nitrogens with zero attached hydrogens (tertiary/aromatic N) is 2. The minimum Gasteiger partial charge on any atom is -0.348 e. The third-order valence-corrected chi connectivity index (χ3v) is 6.20. The van der Waals surface area contributed by atoms with E-state index in [1.807, 2.05) is 6.07 Å². The molecule has 0 unspecified atom stereocenters. The Morgan fingerprint density at radius 2 is 1.86 bits per heavy atom. The number of hydrogen-bond acceptors (Lipinski definition) is 5. The molecule has 2 amide bonds. The molecule has 0 atom stereocenters. The monoisotopic (exact) mass is 416 g/mol. The van der Waals surface area contributed by atoms with Crippen LogP contribution in [0.3, 0.4) is 0 Å². The second kappa shape index (κ2) is 9.15. The van der Waals surface area contributed by atoms with Gasteiger partial charge >= 0.3 is 0 Å². The molecule has 1 aliphatic rings. The highest BCUT2D eigenvalue weighted by atomic mass is 32.2. The summed E-state index contributed by atoms with van der Waals surface area (Å²) in [6.45, 7) is 0.979. The van der Waals surface area contributed by atoms with Crippen LogP contribution in [-0.2, 0) is 21.4 Å². The number of carbonyl (C=O) groups excluding carboxylic acids is 2. The third kappa shape index (κ3) is 5.61. The fourth-order valence-corrected chi connectivity index (χ4v) is 4.13. The molecule has 1 fully saturated rings. The summed E-state index contributed by atoms with van der Waals surface area (Å²) in [6.07, 6.45) is 5.42. The number of para-hydroxylation sites is 1. The SMILES string of the molecule is CS(=O)(=O)N1CCC(C(=O)Nc2ccccc2C(=O)NCc2cccnc2)CC1. The maximum atomic E-state index is 12.7. The summed E-state index contributed by atoms with van der Waals surface area (Å²) in [5.41, 5.74) is 1.69. The van der Waals surface area contributed by atoms with Crippen molar-refractivity contribution in [2.24, 2.45) is 5.92 Å². The van der Waals surface area contributed by atoms with E-state index in [2.05, 4.69) is 15.6 Å². The number of amides is 2. The number of piperidine rings is 1. The minimum absolute atomic E-state index is 0.203. The van der Waals surface area contributed by atoms with Gasteiger partial charge in [0.1, 0.15) is 0 Å². The normalized spacial score (nSPS) is 15.6. The summed E-state index contributed by atoms with van der Waals surface area (Å²) in [6, 6.07) is 10.5. The van der Waals surface area contributed by atoms with Crippen LogP contribution in [0.4, 0.5) is 5.69 Å². The van der Waals surface area contributed by atoms with Gasteiger partial charge in [-0.3, -0.25) is 14.6 Å². The van der Waals surface area contributed by atoms with Crippen LogP contribution in [0.5, 0.6) is 0 Å². The van der Waals surface area contributed by atoms with Gasteiger partial charge in [0.25, 0.3) is 5.91 Å². The van der Waals surface area contributed by atoms with Crippen molar-refractivity contribution < 1.29 is 18.0 Å². The summed E-state index contributed by atoms with van der Waals surface area (Å²) in [4.78, 5) is 29.3. The van der Waals surface area contributed by atoms with E-state index in [0.29, 0.717) is 43.7 Å². The van der Waals surface area contributed by atoms with Crippen molar-refractivity contribution in [3.63, 3.8) is 0 Å². The lowest BCUT2D eigenvalue weighted by Crippen LogP contribution is -2.41. The van der Waals surface area contributed by atoms with Crippen LogP contribution in [0.15, 0.2) is 48.8 Å². The van der Waals surface area contributed by atoms with E-state index in [0.717, 1.165) is 5.56 Å². The fourth-order valence-electron chi connectivity index (χ4n) is 3.25. The van der Waals surface area contributed by atoms with Crippen molar-refractivity contribution in [1.82, 2.24) is 14.6 Å². The molecule has 29 heavy (non-hydrogen) atoms. The molecule has 0 bridgehead atoms. The second-order valence-electron chi connectivity index (χ2n) is 7.02. The summed E-state index contributed by atoms with van der Waals surface area (Å²) in [5.74, 6) is -0.790.